The molecule has 0 bridgehead atoms. The fraction of sp³-hybridized carbons (Fsp3) is 0.316. The molecule has 1 aromatic rings. The summed E-state index contributed by atoms with van der Waals surface area (Å²) in [5, 5.41) is 22.0. The maximum Gasteiger partial charge on any atom is 0.344 e. The second-order valence-electron chi connectivity index (χ2n) is 5.52. The summed E-state index contributed by atoms with van der Waals surface area (Å²) in [7, 11) is 0. The number of nitriles is 2. The number of carbonyl (C=O) groups excluding carboxylic acids is 1. The Morgan fingerprint density at radius 2 is 1.68 bits per heavy atom. The van der Waals surface area contributed by atoms with E-state index in [-0.39, 0.29) is 6.61 Å². The third kappa shape index (κ3) is 3.99. The van der Waals surface area contributed by atoms with Crippen molar-refractivity contribution in [3.8, 4) is 17.9 Å². The lowest BCUT2D eigenvalue weighted by atomic mass is 9.81. The Bertz CT molecular complexity index is 772. The predicted molar refractivity (Wildman–Crippen MR) is 91.1 cm³/mol. The predicted octanol–water partition coefficient (Wildman–Crippen LogP) is 2.91. The van der Waals surface area contributed by atoms with Gasteiger partial charge < -0.3 is 14.8 Å². The number of esters is 1. The number of hydrogen-bond donors (Lipinski definition) is 1. The Labute approximate surface area is 147 Å². The quantitative estimate of drug-likeness (QED) is 0.830. The van der Waals surface area contributed by atoms with E-state index in [0.717, 1.165) is 17.0 Å². The first-order chi connectivity index (χ1) is 12.0. The van der Waals surface area contributed by atoms with Gasteiger partial charge in [-0.25, -0.2) is 4.79 Å². The summed E-state index contributed by atoms with van der Waals surface area (Å²) in [6.45, 7) is 5.52. The van der Waals surface area contributed by atoms with Crippen LogP contribution in [0.15, 0.2) is 46.8 Å². The highest BCUT2D eigenvalue weighted by Crippen LogP contribution is 2.37. The average molecular weight is 337 g/mol. The Hall–Kier alpha value is -3.25. The topological polar surface area (TPSA) is 95.1 Å². The lowest BCUT2D eigenvalue weighted by molar-refractivity contribution is -0.145. The SMILES string of the molecule is CCOC(=O)COc1ccc(C2C(C#N)=C(C)NC(C)=C2C#N)cc1. The van der Waals surface area contributed by atoms with Gasteiger partial charge in [0.05, 0.1) is 35.8 Å². The van der Waals surface area contributed by atoms with Crippen LogP contribution in [0.4, 0.5) is 0 Å². The van der Waals surface area contributed by atoms with Gasteiger partial charge in [0.1, 0.15) is 5.75 Å². The largest absolute Gasteiger partial charge is 0.482 e. The summed E-state index contributed by atoms with van der Waals surface area (Å²) >= 11 is 0. The zero-order chi connectivity index (χ0) is 18.4. The lowest BCUT2D eigenvalue weighted by Crippen LogP contribution is -2.23. The summed E-state index contributed by atoms with van der Waals surface area (Å²) in [5.41, 5.74) is 3.33. The minimum atomic E-state index is -0.430. The van der Waals surface area contributed by atoms with Crippen molar-refractivity contribution in [2.24, 2.45) is 0 Å². The van der Waals surface area contributed by atoms with Crippen LogP contribution in [-0.4, -0.2) is 19.2 Å². The summed E-state index contributed by atoms with van der Waals surface area (Å²) in [4.78, 5) is 11.3. The van der Waals surface area contributed by atoms with E-state index in [1.807, 2.05) is 13.8 Å². The zero-order valence-corrected chi connectivity index (χ0v) is 14.4. The third-order valence-corrected chi connectivity index (χ3v) is 3.88. The lowest BCUT2D eigenvalue weighted by Gasteiger charge is -2.26. The van der Waals surface area contributed by atoms with Crippen LogP contribution >= 0.6 is 0 Å². The molecule has 0 unspecified atom stereocenters. The van der Waals surface area contributed by atoms with Gasteiger partial charge >= 0.3 is 5.97 Å². The number of dihydropyridines is 1. The number of nitrogens with zero attached hydrogens (tertiary/aromatic N) is 2. The smallest absolute Gasteiger partial charge is 0.344 e. The van der Waals surface area contributed by atoms with Crippen LogP contribution < -0.4 is 10.1 Å². The van der Waals surface area contributed by atoms with E-state index in [2.05, 4.69) is 17.5 Å². The third-order valence-electron chi connectivity index (χ3n) is 3.88. The number of ether oxygens (including phenoxy) is 2. The van der Waals surface area contributed by atoms with E-state index in [0.29, 0.717) is 23.5 Å². The highest BCUT2D eigenvalue weighted by atomic mass is 16.6. The first kappa shape index (κ1) is 18.1. The molecule has 1 aromatic carbocycles. The number of rotatable bonds is 5. The molecule has 1 N–H and O–H groups in total. The molecule has 0 atom stereocenters. The van der Waals surface area contributed by atoms with E-state index in [1.165, 1.54) is 0 Å². The van der Waals surface area contributed by atoms with Crippen molar-refractivity contribution in [3.05, 3.63) is 52.4 Å². The van der Waals surface area contributed by atoms with Crippen LogP contribution in [-0.2, 0) is 9.53 Å². The number of nitrogens with one attached hydrogen (secondary N) is 1. The fourth-order valence-corrected chi connectivity index (χ4v) is 2.72. The maximum atomic E-state index is 11.3. The first-order valence-corrected chi connectivity index (χ1v) is 7.88. The highest BCUT2D eigenvalue weighted by molar-refractivity contribution is 5.71. The molecular formula is C19H19N3O3. The molecule has 0 aliphatic carbocycles. The number of benzene rings is 1. The monoisotopic (exact) mass is 337 g/mol. The first-order valence-electron chi connectivity index (χ1n) is 7.88. The molecule has 1 aliphatic rings. The van der Waals surface area contributed by atoms with Gasteiger partial charge in [0.15, 0.2) is 6.61 Å². The molecule has 2 rings (SSSR count). The Morgan fingerprint density at radius 1 is 1.12 bits per heavy atom. The van der Waals surface area contributed by atoms with Crippen molar-refractivity contribution in [1.29, 1.82) is 10.5 Å². The minimum Gasteiger partial charge on any atom is -0.482 e. The summed E-state index contributed by atoms with van der Waals surface area (Å²) < 4.78 is 10.2. The van der Waals surface area contributed by atoms with Crippen molar-refractivity contribution in [1.82, 2.24) is 5.32 Å². The molecule has 0 radical (unpaired) electrons. The van der Waals surface area contributed by atoms with Crippen molar-refractivity contribution in [2.75, 3.05) is 13.2 Å². The molecular weight excluding hydrogens is 318 g/mol. The van der Waals surface area contributed by atoms with Gasteiger partial charge in [-0.3, -0.25) is 0 Å². The molecule has 0 saturated heterocycles. The zero-order valence-electron chi connectivity index (χ0n) is 14.4. The van der Waals surface area contributed by atoms with Gasteiger partial charge in [0.25, 0.3) is 0 Å². The van der Waals surface area contributed by atoms with Crippen LogP contribution in [0.5, 0.6) is 5.75 Å². The van der Waals surface area contributed by atoms with E-state index in [1.54, 1.807) is 31.2 Å². The van der Waals surface area contributed by atoms with Crippen molar-refractivity contribution in [2.45, 2.75) is 26.7 Å². The maximum absolute atomic E-state index is 11.3. The van der Waals surface area contributed by atoms with Crippen LogP contribution in [0.1, 0.15) is 32.3 Å². The molecule has 1 aliphatic heterocycles. The van der Waals surface area contributed by atoms with Crippen molar-refractivity contribution >= 4 is 5.97 Å². The molecule has 128 valence electrons. The van der Waals surface area contributed by atoms with E-state index >= 15 is 0 Å². The molecule has 0 aromatic heterocycles. The number of allylic oxidation sites excluding steroid dienone is 4. The van der Waals surface area contributed by atoms with E-state index < -0.39 is 11.9 Å². The molecule has 1 heterocycles. The molecule has 6 heteroatoms. The fourth-order valence-electron chi connectivity index (χ4n) is 2.72. The Balaban J connectivity index is 2.25. The molecule has 25 heavy (non-hydrogen) atoms. The van der Waals surface area contributed by atoms with Crippen molar-refractivity contribution in [3.63, 3.8) is 0 Å². The van der Waals surface area contributed by atoms with Crippen LogP contribution in [0.2, 0.25) is 0 Å². The number of hydrogen-bond acceptors (Lipinski definition) is 6. The van der Waals surface area contributed by atoms with Gasteiger partial charge in [-0.05, 0) is 38.5 Å². The van der Waals surface area contributed by atoms with E-state index in [4.69, 9.17) is 9.47 Å². The van der Waals surface area contributed by atoms with Gasteiger partial charge in [-0.15, -0.1) is 0 Å². The van der Waals surface area contributed by atoms with Crippen molar-refractivity contribution < 1.29 is 14.3 Å². The second kappa shape index (κ2) is 8.03. The normalized spacial score (nSPS) is 14.4. The molecule has 0 spiro atoms. The summed E-state index contributed by atoms with van der Waals surface area (Å²) in [6, 6.07) is 11.4. The summed E-state index contributed by atoms with van der Waals surface area (Å²) in [6.07, 6.45) is 0. The van der Waals surface area contributed by atoms with Gasteiger partial charge in [-0.2, -0.15) is 10.5 Å². The van der Waals surface area contributed by atoms with Gasteiger partial charge in [0, 0.05) is 11.4 Å². The Kier molecular flexibility index (Phi) is 5.81. The number of carbonyl (C=O) groups is 1. The van der Waals surface area contributed by atoms with Crippen LogP contribution in [0.3, 0.4) is 0 Å². The molecule has 0 fully saturated rings. The van der Waals surface area contributed by atoms with Gasteiger partial charge in [0.2, 0.25) is 0 Å². The minimum absolute atomic E-state index is 0.161. The molecule has 0 amide bonds. The van der Waals surface area contributed by atoms with Gasteiger partial charge in [-0.1, -0.05) is 12.1 Å². The van der Waals surface area contributed by atoms with Crippen LogP contribution in [0, 0.1) is 22.7 Å². The highest BCUT2D eigenvalue weighted by Gasteiger charge is 2.29. The average Bonchev–Trinajstić information content (AvgIpc) is 2.60. The molecule has 6 nitrogen and oxygen atoms in total. The van der Waals surface area contributed by atoms with E-state index in [9.17, 15) is 15.3 Å². The second-order valence-corrected chi connectivity index (χ2v) is 5.52. The summed E-state index contributed by atoms with van der Waals surface area (Å²) in [5.74, 6) is -0.319. The standard InChI is InChI=1S/C19H19N3O3/c1-4-24-18(23)11-25-15-7-5-14(6-8-15)19-16(9-20)12(2)22-13(3)17(19)10-21/h5-8,19,22H,4,11H2,1-3H3. The molecule has 0 saturated carbocycles. The Morgan fingerprint density at radius 3 is 2.16 bits per heavy atom. The van der Waals surface area contributed by atoms with Crippen LogP contribution in [0.25, 0.3) is 0 Å².